The molecule has 1 aromatic carbocycles. The second kappa shape index (κ2) is 8.44. The fourth-order valence-electron chi connectivity index (χ4n) is 5.06. The standard InChI is InChI=1S/C24H32O6/c1-13(2)16-10-17-14(3)21(11-22(28)24(17,4)12-20(16)27)30-23(29)8-6-15-5-7-18(25)19(26)9-15/h5-9,13,16-17,20-22,25-28H,3,10-12H2,1-2,4H3. The van der Waals surface area contributed by atoms with Gasteiger partial charge in [-0.2, -0.15) is 0 Å². The van der Waals surface area contributed by atoms with Gasteiger partial charge < -0.3 is 25.2 Å². The van der Waals surface area contributed by atoms with Crippen molar-refractivity contribution in [2.45, 2.75) is 58.3 Å². The summed E-state index contributed by atoms with van der Waals surface area (Å²) in [4.78, 5) is 12.4. The summed E-state index contributed by atoms with van der Waals surface area (Å²) in [5.41, 5.74) is 0.854. The molecule has 2 saturated carbocycles. The largest absolute Gasteiger partial charge is 0.504 e. The molecule has 6 heteroatoms. The van der Waals surface area contributed by atoms with Gasteiger partial charge in [-0.25, -0.2) is 4.79 Å². The Kier molecular flexibility index (Phi) is 6.29. The molecule has 2 aliphatic rings. The van der Waals surface area contributed by atoms with E-state index in [1.165, 1.54) is 24.3 Å². The van der Waals surface area contributed by atoms with Gasteiger partial charge in [0.2, 0.25) is 0 Å². The van der Waals surface area contributed by atoms with Crippen LogP contribution in [0.2, 0.25) is 0 Å². The molecule has 2 fully saturated rings. The molecule has 0 spiro atoms. The molecule has 3 rings (SSSR count). The van der Waals surface area contributed by atoms with Gasteiger partial charge in [-0.15, -0.1) is 0 Å². The van der Waals surface area contributed by atoms with E-state index in [1.807, 2.05) is 6.92 Å². The Hall–Kier alpha value is -2.31. The lowest BCUT2D eigenvalue weighted by molar-refractivity contribution is -0.155. The number of phenolic OH excluding ortho intramolecular Hbond substituents is 2. The molecule has 0 aliphatic heterocycles. The minimum Gasteiger partial charge on any atom is -0.504 e. The molecule has 30 heavy (non-hydrogen) atoms. The predicted molar refractivity (Wildman–Crippen MR) is 114 cm³/mol. The summed E-state index contributed by atoms with van der Waals surface area (Å²) in [6.07, 6.45) is 2.45. The maximum atomic E-state index is 12.4. The highest BCUT2D eigenvalue weighted by atomic mass is 16.5. The maximum absolute atomic E-state index is 12.4. The third-order valence-electron chi connectivity index (χ3n) is 7.03. The summed E-state index contributed by atoms with van der Waals surface area (Å²) in [5, 5.41) is 40.4. The SMILES string of the molecule is C=C1C(OC(=O)C=Cc2ccc(O)c(O)c2)CC(O)C2(C)CC(O)C(C(C)C)CC12. The van der Waals surface area contributed by atoms with E-state index in [-0.39, 0.29) is 29.8 Å². The lowest BCUT2D eigenvalue weighted by Crippen LogP contribution is -2.55. The summed E-state index contributed by atoms with van der Waals surface area (Å²) in [6.45, 7) is 10.4. The molecule has 0 radical (unpaired) electrons. The fraction of sp³-hybridized carbons (Fsp3) is 0.542. The molecule has 1 aromatic rings. The van der Waals surface area contributed by atoms with Crippen molar-refractivity contribution in [2.75, 3.05) is 0 Å². The Bertz CT molecular complexity index is 844. The second-order valence-electron chi connectivity index (χ2n) is 9.31. The number of hydrogen-bond acceptors (Lipinski definition) is 6. The number of fused-ring (bicyclic) bond motifs is 1. The van der Waals surface area contributed by atoms with E-state index in [1.54, 1.807) is 6.07 Å². The molecule has 4 N–H and O–H groups in total. The van der Waals surface area contributed by atoms with Gasteiger partial charge in [-0.3, -0.25) is 0 Å². The molecule has 6 atom stereocenters. The summed E-state index contributed by atoms with van der Waals surface area (Å²) in [5.74, 6) is -0.686. The van der Waals surface area contributed by atoms with Crippen LogP contribution in [0.1, 0.15) is 45.6 Å². The molecular formula is C24H32O6. The summed E-state index contributed by atoms with van der Waals surface area (Å²) in [6, 6.07) is 4.24. The van der Waals surface area contributed by atoms with Crippen LogP contribution < -0.4 is 0 Å². The van der Waals surface area contributed by atoms with Gasteiger partial charge in [0.1, 0.15) is 6.10 Å². The fourth-order valence-corrected chi connectivity index (χ4v) is 5.06. The van der Waals surface area contributed by atoms with Gasteiger partial charge in [0, 0.05) is 17.9 Å². The normalized spacial score (nSPS) is 34.2. The Labute approximate surface area is 177 Å². The molecule has 2 aliphatic carbocycles. The zero-order valence-electron chi connectivity index (χ0n) is 17.8. The van der Waals surface area contributed by atoms with Crippen molar-refractivity contribution in [3.8, 4) is 11.5 Å². The van der Waals surface area contributed by atoms with E-state index in [4.69, 9.17) is 4.74 Å². The Balaban J connectivity index is 1.71. The van der Waals surface area contributed by atoms with E-state index in [2.05, 4.69) is 20.4 Å². The first-order valence-electron chi connectivity index (χ1n) is 10.5. The van der Waals surface area contributed by atoms with Crippen molar-refractivity contribution in [1.29, 1.82) is 0 Å². The van der Waals surface area contributed by atoms with Gasteiger partial charge in [0.25, 0.3) is 0 Å². The van der Waals surface area contributed by atoms with Crippen molar-refractivity contribution in [3.63, 3.8) is 0 Å². The number of aliphatic hydroxyl groups is 2. The minimum absolute atomic E-state index is 0.0344. The van der Waals surface area contributed by atoms with Crippen molar-refractivity contribution in [3.05, 3.63) is 42.0 Å². The molecule has 6 nitrogen and oxygen atoms in total. The van der Waals surface area contributed by atoms with Crippen LogP contribution in [0.4, 0.5) is 0 Å². The van der Waals surface area contributed by atoms with Gasteiger partial charge in [0.05, 0.1) is 12.2 Å². The zero-order chi connectivity index (χ0) is 22.2. The quantitative estimate of drug-likeness (QED) is 0.259. The number of esters is 1. The van der Waals surface area contributed by atoms with Crippen molar-refractivity contribution in [1.82, 2.24) is 0 Å². The number of benzene rings is 1. The van der Waals surface area contributed by atoms with Crippen LogP contribution in [0.5, 0.6) is 11.5 Å². The van der Waals surface area contributed by atoms with Crippen LogP contribution in [0, 0.1) is 23.2 Å². The predicted octanol–water partition coefficient (Wildman–Crippen LogP) is 3.39. The van der Waals surface area contributed by atoms with Crippen molar-refractivity contribution < 1.29 is 30.0 Å². The first-order chi connectivity index (χ1) is 14.0. The number of hydrogen-bond donors (Lipinski definition) is 4. The third kappa shape index (κ3) is 4.25. The summed E-state index contributed by atoms with van der Waals surface area (Å²) in [7, 11) is 0. The Morgan fingerprint density at radius 3 is 2.57 bits per heavy atom. The Morgan fingerprint density at radius 2 is 1.93 bits per heavy atom. The summed E-state index contributed by atoms with van der Waals surface area (Å²) >= 11 is 0. The van der Waals surface area contributed by atoms with Crippen LogP contribution in [0.3, 0.4) is 0 Å². The molecule has 164 valence electrons. The van der Waals surface area contributed by atoms with Gasteiger partial charge in [-0.05, 0) is 59.9 Å². The molecule has 0 heterocycles. The molecule has 0 saturated heterocycles. The van der Waals surface area contributed by atoms with E-state index in [9.17, 15) is 25.2 Å². The average molecular weight is 417 g/mol. The van der Waals surface area contributed by atoms with Gasteiger partial charge in [-0.1, -0.05) is 33.4 Å². The van der Waals surface area contributed by atoms with Gasteiger partial charge >= 0.3 is 5.97 Å². The zero-order valence-corrected chi connectivity index (χ0v) is 17.8. The molecule has 0 aromatic heterocycles. The number of phenols is 2. The number of carbonyl (C=O) groups is 1. The maximum Gasteiger partial charge on any atom is 0.331 e. The molecule has 6 unspecified atom stereocenters. The van der Waals surface area contributed by atoms with Crippen LogP contribution in [-0.4, -0.2) is 44.7 Å². The monoisotopic (exact) mass is 416 g/mol. The van der Waals surface area contributed by atoms with Crippen molar-refractivity contribution in [2.24, 2.45) is 23.2 Å². The smallest absolute Gasteiger partial charge is 0.331 e. The van der Waals surface area contributed by atoms with E-state index >= 15 is 0 Å². The second-order valence-corrected chi connectivity index (χ2v) is 9.31. The summed E-state index contributed by atoms with van der Waals surface area (Å²) < 4.78 is 5.61. The number of carbonyl (C=O) groups excluding carboxylic acids is 1. The first-order valence-corrected chi connectivity index (χ1v) is 10.5. The lowest BCUT2D eigenvalue weighted by atomic mass is 9.53. The topological polar surface area (TPSA) is 107 Å². The lowest BCUT2D eigenvalue weighted by Gasteiger charge is -2.55. The number of aliphatic hydroxyl groups excluding tert-OH is 2. The highest BCUT2D eigenvalue weighted by Crippen LogP contribution is 2.55. The Morgan fingerprint density at radius 1 is 1.23 bits per heavy atom. The number of aromatic hydroxyl groups is 2. The van der Waals surface area contributed by atoms with E-state index in [0.717, 1.165) is 5.57 Å². The van der Waals surface area contributed by atoms with Crippen LogP contribution >= 0.6 is 0 Å². The highest BCUT2D eigenvalue weighted by Gasteiger charge is 2.54. The van der Waals surface area contributed by atoms with E-state index in [0.29, 0.717) is 24.3 Å². The van der Waals surface area contributed by atoms with Crippen LogP contribution in [0.25, 0.3) is 6.08 Å². The van der Waals surface area contributed by atoms with E-state index < -0.39 is 29.7 Å². The van der Waals surface area contributed by atoms with Crippen LogP contribution in [0.15, 0.2) is 36.4 Å². The van der Waals surface area contributed by atoms with Crippen molar-refractivity contribution >= 4 is 12.0 Å². The molecule has 0 amide bonds. The molecule has 0 bridgehead atoms. The highest BCUT2D eigenvalue weighted by molar-refractivity contribution is 5.87. The number of rotatable bonds is 4. The average Bonchev–Trinajstić information content (AvgIpc) is 2.66. The third-order valence-corrected chi connectivity index (χ3v) is 7.03. The van der Waals surface area contributed by atoms with Gasteiger partial charge in [0.15, 0.2) is 11.5 Å². The van der Waals surface area contributed by atoms with Crippen LogP contribution in [-0.2, 0) is 9.53 Å². The first kappa shape index (κ1) is 22.4. The molecular weight excluding hydrogens is 384 g/mol. The number of ether oxygens (including phenoxy) is 1. The minimum atomic E-state index is -0.702.